The minimum absolute atomic E-state index is 0.191. The predicted molar refractivity (Wildman–Crippen MR) is 76.6 cm³/mol. The van der Waals surface area contributed by atoms with Gasteiger partial charge in [0.1, 0.15) is 18.5 Å². The highest BCUT2D eigenvalue weighted by atomic mass is 16.5. The molecule has 2 atom stereocenters. The minimum atomic E-state index is -0.557. The summed E-state index contributed by atoms with van der Waals surface area (Å²) < 4.78 is 5.49. The number of hydrogen-bond acceptors (Lipinski definition) is 4. The summed E-state index contributed by atoms with van der Waals surface area (Å²) in [6, 6.07) is 9.70. The summed E-state index contributed by atoms with van der Waals surface area (Å²) in [6.45, 7) is 1.43. The van der Waals surface area contributed by atoms with Crippen LogP contribution >= 0.6 is 0 Å². The summed E-state index contributed by atoms with van der Waals surface area (Å²) in [5.74, 6) is 0.950. The van der Waals surface area contributed by atoms with Gasteiger partial charge in [-0.25, -0.2) is 0 Å². The SMILES string of the molecule is CN1CC(NCC(O)COc2ccccc2)CCC1=O. The lowest BCUT2D eigenvalue weighted by molar-refractivity contribution is -0.132. The number of likely N-dealkylation sites (N-methyl/N-ethyl adjacent to an activating group) is 1. The number of aliphatic hydroxyl groups excluding tert-OH is 1. The van der Waals surface area contributed by atoms with Crippen molar-refractivity contribution in [2.75, 3.05) is 26.7 Å². The number of ether oxygens (including phenoxy) is 1. The number of rotatable bonds is 6. The first-order chi connectivity index (χ1) is 9.65. The predicted octanol–water partition coefficient (Wildman–Crippen LogP) is 0.637. The number of carbonyl (C=O) groups is 1. The molecule has 1 saturated heterocycles. The number of hydrogen-bond donors (Lipinski definition) is 2. The van der Waals surface area contributed by atoms with Crippen LogP contribution in [0.3, 0.4) is 0 Å². The Morgan fingerprint density at radius 2 is 2.20 bits per heavy atom. The Labute approximate surface area is 119 Å². The van der Waals surface area contributed by atoms with Gasteiger partial charge in [0.05, 0.1) is 0 Å². The van der Waals surface area contributed by atoms with Crippen LogP contribution in [0.15, 0.2) is 30.3 Å². The first kappa shape index (κ1) is 14.8. The fraction of sp³-hybridized carbons (Fsp3) is 0.533. The number of para-hydroxylation sites is 1. The van der Waals surface area contributed by atoms with E-state index < -0.39 is 6.10 Å². The number of benzene rings is 1. The van der Waals surface area contributed by atoms with Gasteiger partial charge < -0.3 is 20.1 Å². The fourth-order valence-electron chi connectivity index (χ4n) is 2.25. The van der Waals surface area contributed by atoms with Gasteiger partial charge in [0.2, 0.25) is 5.91 Å². The number of nitrogens with one attached hydrogen (secondary N) is 1. The van der Waals surface area contributed by atoms with Gasteiger partial charge in [-0.1, -0.05) is 18.2 Å². The van der Waals surface area contributed by atoms with Crippen LogP contribution in [0.25, 0.3) is 0 Å². The van der Waals surface area contributed by atoms with Crippen molar-refractivity contribution in [1.82, 2.24) is 10.2 Å². The van der Waals surface area contributed by atoms with E-state index in [1.165, 1.54) is 0 Å². The maximum Gasteiger partial charge on any atom is 0.222 e. The van der Waals surface area contributed by atoms with Crippen molar-refractivity contribution in [2.45, 2.75) is 25.0 Å². The summed E-state index contributed by atoms with van der Waals surface area (Å²) in [5.41, 5.74) is 0. The molecule has 0 spiro atoms. The van der Waals surface area contributed by atoms with Gasteiger partial charge in [-0.05, 0) is 18.6 Å². The summed E-state index contributed by atoms with van der Waals surface area (Å²) in [6.07, 6.45) is 0.846. The van der Waals surface area contributed by atoms with Gasteiger partial charge >= 0.3 is 0 Å². The maximum atomic E-state index is 11.4. The Morgan fingerprint density at radius 1 is 1.45 bits per heavy atom. The third-order valence-corrected chi connectivity index (χ3v) is 3.45. The zero-order valence-electron chi connectivity index (χ0n) is 11.8. The Hall–Kier alpha value is -1.59. The van der Waals surface area contributed by atoms with E-state index in [1.807, 2.05) is 37.4 Å². The van der Waals surface area contributed by atoms with E-state index >= 15 is 0 Å². The highest BCUT2D eigenvalue weighted by molar-refractivity contribution is 5.76. The van der Waals surface area contributed by atoms with Crippen LogP contribution in [0.4, 0.5) is 0 Å². The van der Waals surface area contributed by atoms with E-state index in [0.717, 1.165) is 12.2 Å². The van der Waals surface area contributed by atoms with Gasteiger partial charge in [0.15, 0.2) is 0 Å². The highest BCUT2D eigenvalue weighted by Gasteiger charge is 2.22. The molecule has 20 heavy (non-hydrogen) atoms. The molecule has 0 radical (unpaired) electrons. The summed E-state index contributed by atoms with van der Waals surface area (Å²) in [5, 5.41) is 13.2. The van der Waals surface area contributed by atoms with Crippen LogP contribution in [-0.2, 0) is 4.79 Å². The van der Waals surface area contributed by atoms with Gasteiger partial charge in [-0.2, -0.15) is 0 Å². The van der Waals surface area contributed by atoms with Gasteiger partial charge in [0, 0.05) is 32.6 Å². The molecule has 2 rings (SSSR count). The van der Waals surface area contributed by atoms with Gasteiger partial charge in [-0.3, -0.25) is 4.79 Å². The molecule has 0 saturated carbocycles. The van der Waals surface area contributed by atoms with Crippen LogP contribution in [0, 0.1) is 0 Å². The average Bonchev–Trinajstić information content (AvgIpc) is 2.47. The molecule has 110 valence electrons. The van der Waals surface area contributed by atoms with E-state index in [2.05, 4.69) is 5.32 Å². The van der Waals surface area contributed by atoms with E-state index in [-0.39, 0.29) is 18.6 Å². The second kappa shape index (κ2) is 7.26. The number of aliphatic hydroxyl groups is 1. The third-order valence-electron chi connectivity index (χ3n) is 3.45. The van der Waals surface area contributed by atoms with E-state index in [0.29, 0.717) is 19.5 Å². The molecular formula is C15H22N2O3. The number of amides is 1. The van der Waals surface area contributed by atoms with Crippen LogP contribution in [0.2, 0.25) is 0 Å². The van der Waals surface area contributed by atoms with Crippen molar-refractivity contribution in [3.8, 4) is 5.75 Å². The maximum absolute atomic E-state index is 11.4. The van der Waals surface area contributed by atoms with Crippen molar-refractivity contribution in [1.29, 1.82) is 0 Å². The fourth-order valence-corrected chi connectivity index (χ4v) is 2.25. The molecule has 1 aliphatic heterocycles. The van der Waals surface area contributed by atoms with Crippen molar-refractivity contribution >= 4 is 5.91 Å². The molecule has 2 N–H and O–H groups in total. The number of piperidine rings is 1. The lowest BCUT2D eigenvalue weighted by atomic mass is 10.1. The van der Waals surface area contributed by atoms with Crippen molar-refractivity contribution in [3.63, 3.8) is 0 Å². The van der Waals surface area contributed by atoms with Crippen molar-refractivity contribution < 1.29 is 14.6 Å². The molecule has 1 aliphatic rings. The largest absolute Gasteiger partial charge is 0.491 e. The summed E-state index contributed by atoms with van der Waals surface area (Å²) in [4.78, 5) is 13.1. The monoisotopic (exact) mass is 278 g/mol. The Balaban J connectivity index is 1.65. The number of carbonyl (C=O) groups excluding carboxylic acids is 1. The van der Waals surface area contributed by atoms with E-state index in [1.54, 1.807) is 4.90 Å². The zero-order chi connectivity index (χ0) is 14.4. The number of nitrogens with zero attached hydrogens (tertiary/aromatic N) is 1. The second-order valence-corrected chi connectivity index (χ2v) is 5.20. The molecule has 5 heteroatoms. The Kier molecular flexibility index (Phi) is 5.38. The normalized spacial score (nSPS) is 20.8. The first-order valence-corrected chi connectivity index (χ1v) is 6.98. The topological polar surface area (TPSA) is 61.8 Å². The Bertz CT molecular complexity index is 424. The molecule has 2 unspecified atom stereocenters. The Morgan fingerprint density at radius 3 is 2.90 bits per heavy atom. The van der Waals surface area contributed by atoms with Gasteiger partial charge in [-0.15, -0.1) is 0 Å². The molecule has 1 heterocycles. The van der Waals surface area contributed by atoms with Gasteiger partial charge in [0.25, 0.3) is 0 Å². The molecule has 5 nitrogen and oxygen atoms in total. The highest BCUT2D eigenvalue weighted by Crippen LogP contribution is 2.10. The third kappa shape index (κ3) is 4.51. The lowest BCUT2D eigenvalue weighted by Crippen LogP contribution is -2.48. The molecule has 0 aromatic heterocycles. The number of likely N-dealkylation sites (tertiary alicyclic amines) is 1. The smallest absolute Gasteiger partial charge is 0.222 e. The molecule has 0 bridgehead atoms. The average molecular weight is 278 g/mol. The molecule has 1 aromatic carbocycles. The molecule has 0 aliphatic carbocycles. The minimum Gasteiger partial charge on any atom is -0.491 e. The van der Waals surface area contributed by atoms with Crippen LogP contribution in [0.5, 0.6) is 5.75 Å². The van der Waals surface area contributed by atoms with Crippen LogP contribution in [-0.4, -0.2) is 54.8 Å². The molecule has 1 fully saturated rings. The van der Waals surface area contributed by atoms with Crippen LogP contribution < -0.4 is 10.1 Å². The second-order valence-electron chi connectivity index (χ2n) is 5.20. The van der Waals surface area contributed by atoms with Crippen molar-refractivity contribution in [2.24, 2.45) is 0 Å². The summed E-state index contributed by atoms with van der Waals surface area (Å²) >= 11 is 0. The standard InChI is InChI=1S/C15H22N2O3/c1-17-10-12(7-8-15(17)19)16-9-13(18)11-20-14-5-3-2-4-6-14/h2-6,12-13,16,18H,7-11H2,1H3. The first-order valence-electron chi connectivity index (χ1n) is 6.98. The van der Waals surface area contributed by atoms with E-state index in [9.17, 15) is 9.90 Å². The molecule has 1 amide bonds. The zero-order valence-corrected chi connectivity index (χ0v) is 11.8. The quantitative estimate of drug-likeness (QED) is 0.801. The van der Waals surface area contributed by atoms with Crippen LogP contribution in [0.1, 0.15) is 12.8 Å². The summed E-state index contributed by atoms with van der Waals surface area (Å²) in [7, 11) is 1.81. The van der Waals surface area contributed by atoms with Crippen molar-refractivity contribution in [3.05, 3.63) is 30.3 Å². The van der Waals surface area contributed by atoms with E-state index in [4.69, 9.17) is 4.74 Å². The molecule has 1 aromatic rings. The molecular weight excluding hydrogens is 256 g/mol. The lowest BCUT2D eigenvalue weighted by Gasteiger charge is -2.30.